The lowest BCUT2D eigenvalue weighted by molar-refractivity contribution is 0.252. The Morgan fingerprint density at radius 1 is 0.586 bits per heavy atom. The first-order valence-electron chi connectivity index (χ1n) is 11.3. The van der Waals surface area contributed by atoms with E-state index in [1.165, 1.54) is 73.6 Å². The molecule has 2 aromatic rings. The van der Waals surface area contributed by atoms with Gasteiger partial charge in [-0.2, -0.15) is 0 Å². The van der Waals surface area contributed by atoms with Gasteiger partial charge >= 0.3 is 0 Å². The normalized spacial score (nSPS) is 18.0. The van der Waals surface area contributed by atoms with Crippen molar-refractivity contribution in [1.82, 2.24) is 0 Å². The molecule has 2 nitrogen and oxygen atoms in total. The molecule has 0 aromatic heterocycles. The first-order valence-corrected chi connectivity index (χ1v) is 13.0. The third kappa shape index (κ3) is 3.51. The van der Waals surface area contributed by atoms with Crippen molar-refractivity contribution in [2.24, 2.45) is 0 Å². The zero-order chi connectivity index (χ0) is 19.8. The second kappa shape index (κ2) is 8.56. The minimum absolute atomic E-state index is 0.731. The fourth-order valence-electron chi connectivity index (χ4n) is 5.57. The maximum atomic E-state index is 6.43. The molecule has 0 N–H and O–H groups in total. The molecule has 3 aliphatic rings. The van der Waals surface area contributed by atoms with E-state index in [9.17, 15) is 0 Å². The Morgan fingerprint density at radius 2 is 1.00 bits per heavy atom. The Labute approximate surface area is 179 Å². The number of hydrogen-bond acceptors (Lipinski definition) is 2. The molecule has 2 atom stereocenters. The molecule has 2 aromatic carbocycles. The lowest BCUT2D eigenvalue weighted by Gasteiger charge is -2.29. The van der Waals surface area contributed by atoms with Gasteiger partial charge in [0.25, 0.3) is 0 Å². The largest absolute Gasteiger partial charge is 0.493 e. The Hall–Kier alpha value is -1.10. The molecule has 154 valence electrons. The van der Waals surface area contributed by atoms with Crippen LogP contribution in [0.25, 0.3) is 11.1 Å². The molecule has 2 unspecified atom stereocenters. The van der Waals surface area contributed by atoms with Crippen molar-refractivity contribution in [1.29, 1.82) is 0 Å². The number of benzene rings is 2. The van der Waals surface area contributed by atoms with Crippen LogP contribution in [0.3, 0.4) is 0 Å². The van der Waals surface area contributed by atoms with Gasteiger partial charge in [0, 0.05) is 17.5 Å². The van der Waals surface area contributed by atoms with E-state index >= 15 is 0 Å². The molecule has 0 fully saturated rings. The van der Waals surface area contributed by atoms with Gasteiger partial charge in [-0.25, -0.2) is 0 Å². The first kappa shape index (κ1) is 19.8. The van der Waals surface area contributed by atoms with Crippen LogP contribution >= 0.6 is 18.5 Å². The highest BCUT2D eigenvalue weighted by Crippen LogP contribution is 2.49. The summed E-state index contributed by atoms with van der Waals surface area (Å²) in [7, 11) is 5.87. The maximum Gasteiger partial charge on any atom is 0.127 e. The van der Waals surface area contributed by atoms with E-state index in [1.807, 2.05) is 0 Å². The van der Waals surface area contributed by atoms with E-state index < -0.39 is 0 Å². The minimum atomic E-state index is 0.731. The molecular formula is C25H32O2P2. The lowest BCUT2D eigenvalue weighted by Crippen LogP contribution is -2.13. The van der Waals surface area contributed by atoms with E-state index in [2.05, 4.69) is 30.6 Å². The van der Waals surface area contributed by atoms with Gasteiger partial charge in [-0.3, -0.25) is 0 Å². The number of hydrogen-bond donors (Lipinski definition) is 0. The summed E-state index contributed by atoms with van der Waals surface area (Å²) in [5.41, 5.74) is 11.9. The standard InChI is InChI=1S/C25H32O2P2/c28-14-16-12-22-24(20-8-3-1-6-18(16)20)25-21-9-4-2-7-19(21)17(15-29)13-23(25)27-11-5-10-26-22/h12-13H,1-11,14-15,28-29H2. The average Bonchev–Trinajstić information content (AvgIpc) is 2.86. The van der Waals surface area contributed by atoms with Crippen LogP contribution in [-0.4, -0.2) is 13.2 Å². The molecule has 0 saturated carbocycles. The molecule has 0 bridgehead atoms. The summed E-state index contributed by atoms with van der Waals surface area (Å²) in [4.78, 5) is 0. The van der Waals surface area contributed by atoms with Gasteiger partial charge in [0.15, 0.2) is 0 Å². The molecule has 1 heterocycles. The number of fused-ring (bicyclic) bond motifs is 7. The van der Waals surface area contributed by atoms with Crippen LogP contribution in [0.2, 0.25) is 0 Å². The van der Waals surface area contributed by atoms with Gasteiger partial charge in [-0.15, -0.1) is 18.5 Å². The van der Waals surface area contributed by atoms with Crippen LogP contribution in [0.4, 0.5) is 0 Å². The molecule has 0 spiro atoms. The summed E-state index contributed by atoms with van der Waals surface area (Å²) in [5, 5.41) is 0. The van der Waals surface area contributed by atoms with Crippen molar-refractivity contribution < 1.29 is 9.47 Å². The SMILES string of the molecule is PCc1cc2c(c3c1CCCC3)-c1c(cc(CP)c3c1CCCC3)OCCCO2. The molecule has 0 amide bonds. The second-order valence-electron chi connectivity index (χ2n) is 8.60. The van der Waals surface area contributed by atoms with E-state index in [-0.39, 0.29) is 0 Å². The maximum absolute atomic E-state index is 6.43. The highest BCUT2D eigenvalue weighted by molar-refractivity contribution is 7.15. The number of rotatable bonds is 2. The third-order valence-corrected chi connectivity index (χ3v) is 7.79. The van der Waals surface area contributed by atoms with Crippen LogP contribution in [0.5, 0.6) is 11.5 Å². The summed E-state index contributed by atoms with van der Waals surface area (Å²) in [5.74, 6) is 2.20. The van der Waals surface area contributed by atoms with Crippen LogP contribution in [0.1, 0.15) is 65.5 Å². The van der Waals surface area contributed by atoms with Gasteiger partial charge in [-0.05, 0) is 109 Å². The van der Waals surface area contributed by atoms with Gasteiger partial charge in [-0.1, -0.05) is 0 Å². The molecule has 2 aliphatic carbocycles. The highest BCUT2D eigenvalue weighted by atomic mass is 31.0. The Balaban J connectivity index is 1.85. The lowest BCUT2D eigenvalue weighted by atomic mass is 9.78. The van der Waals surface area contributed by atoms with E-state index in [1.54, 1.807) is 22.3 Å². The Bertz CT molecular complexity index is 860. The van der Waals surface area contributed by atoms with Crippen LogP contribution < -0.4 is 9.47 Å². The predicted molar refractivity (Wildman–Crippen MR) is 128 cm³/mol. The van der Waals surface area contributed by atoms with Crippen molar-refractivity contribution in [2.75, 3.05) is 13.2 Å². The van der Waals surface area contributed by atoms with Crippen molar-refractivity contribution in [3.05, 3.63) is 45.5 Å². The number of ether oxygens (including phenoxy) is 2. The van der Waals surface area contributed by atoms with Gasteiger partial charge in [0.2, 0.25) is 0 Å². The van der Waals surface area contributed by atoms with E-state index in [0.29, 0.717) is 0 Å². The van der Waals surface area contributed by atoms with Gasteiger partial charge in [0.1, 0.15) is 11.5 Å². The molecule has 4 heteroatoms. The molecular weight excluding hydrogens is 394 g/mol. The van der Waals surface area contributed by atoms with Gasteiger partial charge in [0.05, 0.1) is 13.2 Å². The molecule has 0 radical (unpaired) electrons. The van der Waals surface area contributed by atoms with Crippen LogP contribution in [0, 0.1) is 0 Å². The highest BCUT2D eigenvalue weighted by Gasteiger charge is 2.29. The molecule has 0 saturated heterocycles. The monoisotopic (exact) mass is 426 g/mol. The minimum Gasteiger partial charge on any atom is -0.493 e. The van der Waals surface area contributed by atoms with Gasteiger partial charge < -0.3 is 9.47 Å². The van der Waals surface area contributed by atoms with Crippen molar-refractivity contribution in [2.45, 2.75) is 70.1 Å². The predicted octanol–water partition coefficient (Wildman–Crippen LogP) is 6.02. The van der Waals surface area contributed by atoms with Crippen LogP contribution in [0.15, 0.2) is 12.1 Å². The smallest absolute Gasteiger partial charge is 0.127 e. The van der Waals surface area contributed by atoms with Crippen LogP contribution in [-0.2, 0) is 38.0 Å². The zero-order valence-corrected chi connectivity index (χ0v) is 19.6. The van der Waals surface area contributed by atoms with E-state index in [0.717, 1.165) is 43.5 Å². The zero-order valence-electron chi connectivity index (χ0n) is 17.3. The quantitative estimate of drug-likeness (QED) is 0.547. The molecule has 29 heavy (non-hydrogen) atoms. The average molecular weight is 426 g/mol. The van der Waals surface area contributed by atoms with E-state index in [4.69, 9.17) is 9.47 Å². The summed E-state index contributed by atoms with van der Waals surface area (Å²) in [6, 6.07) is 4.70. The fraction of sp³-hybridized carbons (Fsp3) is 0.520. The first-order chi connectivity index (χ1) is 14.3. The molecule has 5 rings (SSSR count). The van der Waals surface area contributed by atoms with Crippen molar-refractivity contribution >= 4 is 18.5 Å². The Morgan fingerprint density at radius 3 is 1.41 bits per heavy atom. The summed E-state index contributed by atoms with van der Waals surface area (Å²) >= 11 is 0. The Kier molecular flexibility index (Phi) is 5.86. The summed E-state index contributed by atoms with van der Waals surface area (Å²) in [6.45, 7) is 1.46. The molecule has 1 aliphatic heterocycles. The topological polar surface area (TPSA) is 18.5 Å². The van der Waals surface area contributed by atoms with Crippen molar-refractivity contribution in [3.63, 3.8) is 0 Å². The fourth-order valence-corrected chi connectivity index (χ4v) is 6.30. The third-order valence-electron chi connectivity index (χ3n) is 6.91. The van der Waals surface area contributed by atoms with Crippen molar-refractivity contribution in [3.8, 4) is 22.6 Å². The second-order valence-corrected chi connectivity index (χ2v) is 9.42. The summed E-state index contributed by atoms with van der Waals surface area (Å²) in [6.07, 6.45) is 12.8. The summed E-state index contributed by atoms with van der Waals surface area (Å²) < 4.78 is 12.9.